The molecular formula is C20H20N2O3. The lowest BCUT2D eigenvalue weighted by Crippen LogP contribution is -2.56. The fourth-order valence-electron chi connectivity index (χ4n) is 3.42. The number of carbonyl (C=O) groups is 1. The van der Waals surface area contributed by atoms with E-state index in [1.807, 2.05) is 53.4 Å². The Kier molecular flexibility index (Phi) is 4.48. The van der Waals surface area contributed by atoms with Gasteiger partial charge in [-0.1, -0.05) is 42.5 Å². The predicted octanol–water partition coefficient (Wildman–Crippen LogP) is 3.27. The van der Waals surface area contributed by atoms with Crippen LogP contribution in [0, 0.1) is 0 Å². The van der Waals surface area contributed by atoms with Gasteiger partial charge in [0, 0.05) is 6.20 Å². The summed E-state index contributed by atoms with van der Waals surface area (Å²) in [5.41, 5.74) is 3.13. The van der Waals surface area contributed by atoms with E-state index in [-0.39, 0.29) is 24.8 Å². The predicted molar refractivity (Wildman–Crippen MR) is 93.7 cm³/mol. The lowest BCUT2D eigenvalue weighted by Gasteiger charge is -2.43. The minimum atomic E-state index is -0.279. The summed E-state index contributed by atoms with van der Waals surface area (Å²) >= 11 is 0. The van der Waals surface area contributed by atoms with Crippen LogP contribution in [0.1, 0.15) is 17.7 Å². The largest absolute Gasteiger partial charge is 0.445 e. The third-order valence-electron chi connectivity index (χ3n) is 4.61. The fraction of sp³-hybridized carbons (Fsp3) is 0.300. The molecule has 1 aromatic carbocycles. The smallest absolute Gasteiger partial charge is 0.411 e. The Bertz CT molecular complexity index is 761. The number of hydrogen-bond donors (Lipinski definition) is 0. The molecule has 1 amide bonds. The molecule has 0 saturated carbocycles. The van der Waals surface area contributed by atoms with E-state index >= 15 is 0 Å². The Morgan fingerprint density at radius 1 is 1.16 bits per heavy atom. The zero-order chi connectivity index (χ0) is 17.1. The standard InChI is InChI=1S/C20H20N2O3/c23-20(25-12-15-6-2-1-3-7-15)22-17-10-16(11-18(22)14-24-13-17)19-8-4-5-9-21-19/h1-10,17-18H,11-14H2. The van der Waals surface area contributed by atoms with E-state index in [9.17, 15) is 4.79 Å². The highest BCUT2D eigenvalue weighted by atomic mass is 16.6. The van der Waals surface area contributed by atoms with E-state index in [0.717, 1.165) is 17.7 Å². The van der Waals surface area contributed by atoms with Gasteiger partial charge in [0.15, 0.2) is 0 Å². The lowest BCUT2D eigenvalue weighted by atomic mass is 9.92. The number of fused-ring (bicyclic) bond motifs is 2. The van der Waals surface area contributed by atoms with Crippen LogP contribution in [0.3, 0.4) is 0 Å². The number of benzene rings is 1. The number of pyridine rings is 1. The summed E-state index contributed by atoms with van der Waals surface area (Å²) in [4.78, 5) is 18.9. The number of morpholine rings is 1. The number of hydrogen-bond acceptors (Lipinski definition) is 4. The maximum Gasteiger partial charge on any atom is 0.411 e. The summed E-state index contributed by atoms with van der Waals surface area (Å²) < 4.78 is 11.2. The Balaban J connectivity index is 1.49. The molecule has 4 rings (SSSR count). The molecule has 2 atom stereocenters. The van der Waals surface area contributed by atoms with Gasteiger partial charge in [0.1, 0.15) is 6.61 Å². The van der Waals surface area contributed by atoms with Crippen LogP contribution in [0.15, 0.2) is 60.8 Å². The molecule has 1 aromatic heterocycles. The fourth-order valence-corrected chi connectivity index (χ4v) is 3.42. The number of nitrogens with zero attached hydrogens (tertiary/aromatic N) is 2. The highest BCUT2D eigenvalue weighted by Gasteiger charge is 2.39. The first-order valence-corrected chi connectivity index (χ1v) is 8.50. The minimum Gasteiger partial charge on any atom is -0.445 e. The van der Waals surface area contributed by atoms with E-state index < -0.39 is 0 Å². The molecule has 2 aliphatic rings. The van der Waals surface area contributed by atoms with E-state index in [1.165, 1.54) is 5.57 Å². The zero-order valence-electron chi connectivity index (χ0n) is 13.9. The molecule has 0 aliphatic carbocycles. The highest BCUT2D eigenvalue weighted by Crippen LogP contribution is 2.32. The number of carbonyl (C=O) groups excluding carboxylic acids is 1. The number of rotatable bonds is 3. The van der Waals surface area contributed by atoms with Crippen molar-refractivity contribution in [1.29, 1.82) is 0 Å². The molecule has 0 spiro atoms. The maximum atomic E-state index is 12.6. The van der Waals surface area contributed by atoms with Crippen molar-refractivity contribution >= 4 is 11.7 Å². The van der Waals surface area contributed by atoms with E-state index in [2.05, 4.69) is 11.1 Å². The maximum absolute atomic E-state index is 12.6. The average molecular weight is 336 g/mol. The van der Waals surface area contributed by atoms with Crippen molar-refractivity contribution in [2.45, 2.75) is 25.1 Å². The third kappa shape index (κ3) is 3.42. The second kappa shape index (κ2) is 7.07. The molecule has 2 aliphatic heterocycles. The van der Waals surface area contributed by atoms with Crippen LogP contribution in [0.5, 0.6) is 0 Å². The Morgan fingerprint density at radius 2 is 2.00 bits per heavy atom. The quantitative estimate of drug-likeness (QED) is 0.863. The van der Waals surface area contributed by atoms with Crippen LogP contribution < -0.4 is 0 Å². The van der Waals surface area contributed by atoms with Gasteiger partial charge in [0.05, 0.1) is 31.0 Å². The van der Waals surface area contributed by atoms with Crippen LogP contribution in [-0.4, -0.2) is 41.3 Å². The summed E-state index contributed by atoms with van der Waals surface area (Å²) in [5, 5.41) is 0. The number of amides is 1. The number of aromatic nitrogens is 1. The van der Waals surface area contributed by atoms with Crippen LogP contribution in [-0.2, 0) is 16.1 Å². The zero-order valence-corrected chi connectivity index (χ0v) is 13.9. The molecule has 25 heavy (non-hydrogen) atoms. The van der Waals surface area contributed by atoms with Crippen molar-refractivity contribution in [3.63, 3.8) is 0 Å². The van der Waals surface area contributed by atoms with Gasteiger partial charge >= 0.3 is 6.09 Å². The molecule has 3 heterocycles. The SMILES string of the molecule is O=C(OCc1ccccc1)N1C2C=C(c3ccccn3)CC1COC2. The van der Waals surface area contributed by atoms with Gasteiger partial charge in [0.2, 0.25) is 0 Å². The molecule has 2 aromatic rings. The van der Waals surface area contributed by atoms with Crippen molar-refractivity contribution in [2.24, 2.45) is 0 Å². The summed E-state index contributed by atoms with van der Waals surface area (Å²) in [6, 6.07) is 15.5. The topological polar surface area (TPSA) is 51.7 Å². The van der Waals surface area contributed by atoms with Crippen molar-refractivity contribution in [1.82, 2.24) is 9.88 Å². The molecule has 1 fully saturated rings. The molecule has 0 radical (unpaired) electrons. The molecule has 128 valence electrons. The van der Waals surface area contributed by atoms with Gasteiger partial charge in [-0.25, -0.2) is 4.79 Å². The van der Waals surface area contributed by atoms with E-state index in [4.69, 9.17) is 9.47 Å². The molecule has 5 heteroatoms. The van der Waals surface area contributed by atoms with Gasteiger partial charge in [-0.3, -0.25) is 9.88 Å². The lowest BCUT2D eigenvalue weighted by molar-refractivity contribution is -0.0342. The Morgan fingerprint density at radius 3 is 2.76 bits per heavy atom. The first-order chi connectivity index (χ1) is 12.3. The average Bonchev–Trinajstić information content (AvgIpc) is 2.66. The number of ether oxygens (including phenoxy) is 2. The minimum absolute atomic E-state index is 0.0102. The van der Waals surface area contributed by atoms with E-state index in [1.54, 1.807) is 6.20 Å². The highest BCUT2D eigenvalue weighted by molar-refractivity contribution is 5.73. The van der Waals surface area contributed by atoms with E-state index in [0.29, 0.717) is 13.2 Å². The summed E-state index contributed by atoms with van der Waals surface area (Å²) in [7, 11) is 0. The van der Waals surface area contributed by atoms with Gasteiger partial charge in [-0.15, -0.1) is 0 Å². The first kappa shape index (κ1) is 15.8. The van der Waals surface area contributed by atoms with Crippen molar-refractivity contribution in [3.8, 4) is 0 Å². The van der Waals surface area contributed by atoms with Crippen LogP contribution in [0.25, 0.3) is 5.57 Å². The second-order valence-corrected chi connectivity index (χ2v) is 6.32. The Labute approximate surface area is 146 Å². The van der Waals surface area contributed by atoms with Crippen molar-refractivity contribution in [2.75, 3.05) is 13.2 Å². The molecular weight excluding hydrogens is 316 g/mol. The molecule has 0 N–H and O–H groups in total. The van der Waals surface area contributed by atoms with Gasteiger partial charge in [-0.05, 0) is 29.7 Å². The van der Waals surface area contributed by atoms with Crippen LogP contribution in [0.2, 0.25) is 0 Å². The Hall–Kier alpha value is -2.66. The van der Waals surface area contributed by atoms with Gasteiger partial charge in [-0.2, -0.15) is 0 Å². The van der Waals surface area contributed by atoms with Gasteiger partial charge in [0.25, 0.3) is 0 Å². The molecule has 1 saturated heterocycles. The monoisotopic (exact) mass is 336 g/mol. The summed E-state index contributed by atoms with van der Waals surface area (Å²) in [6.07, 6.45) is 4.33. The second-order valence-electron chi connectivity index (χ2n) is 6.32. The summed E-state index contributed by atoms with van der Waals surface area (Å²) in [5.74, 6) is 0. The molecule has 5 nitrogen and oxygen atoms in total. The molecule has 2 unspecified atom stereocenters. The first-order valence-electron chi connectivity index (χ1n) is 8.50. The van der Waals surface area contributed by atoms with Gasteiger partial charge < -0.3 is 9.47 Å². The van der Waals surface area contributed by atoms with Crippen molar-refractivity contribution in [3.05, 3.63) is 72.1 Å². The summed E-state index contributed by atoms with van der Waals surface area (Å²) in [6.45, 7) is 1.31. The molecule has 2 bridgehead atoms. The van der Waals surface area contributed by atoms with Crippen molar-refractivity contribution < 1.29 is 14.3 Å². The van der Waals surface area contributed by atoms with Crippen LogP contribution in [0.4, 0.5) is 4.79 Å². The normalized spacial score (nSPS) is 22.2. The van der Waals surface area contributed by atoms with Crippen LogP contribution >= 0.6 is 0 Å². The third-order valence-corrected chi connectivity index (χ3v) is 4.61.